The second-order valence-electron chi connectivity index (χ2n) is 6.33. The molecule has 12 heteroatoms. The number of amides is 1. The van der Waals surface area contributed by atoms with Gasteiger partial charge in [-0.05, 0) is 30.5 Å². The Morgan fingerprint density at radius 2 is 2.07 bits per heavy atom. The molecule has 0 spiro atoms. The number of nitrogens with one attached hydrogen (secondary N) is 1. The summed E-state index contributed by atoms with van der Waals surface area (Å²) >= 11 is 6.07. The summed E-state index contributed by atoms with van der Waals surface area (Å²) in [5, 5.41) is 5.74. The molecule has 3 rings (SSSR count). The molecule has 152 valence electrons. The topological polar surface area (TPSA) is 95.1 Å². The van der Waals surface area contributed by atoms with Gasteiger partial charge in [0.1, 0.15) is 18.5 Å². The van der Waals surface area contributed by atoms with Gasteiger partial charge in [0.05, 0.1) is 11.1 Å². The van der Waals surface area contributed by atoms with Crippen molar-refractivity contribution in [1.29, 1.82) is 0 Å². The largest absolute Gasteiger partial charge is 0.448 e. The first kappa shape index (κ1) is 20.3. The van der Waals surface area contributed by atoms with Gasteiger partial charge in [0.15, 0.2) is 5.82 Å². The monoisotopic (exact) mass is 421 g/mol. The third-order valence-corrected chi connectivity index (χ3v) is 4.70. The summed E-state index contributed by atoms with van der Waals surface area (Å²) in [6, 6.07) is 3.56. The van der Waals surface area contributed by atoms with E-state index >= 15 is 0 Å². The Balaban J connectivity index is 1.68. The average molecular weight is 422 g/mol. The molecule has 7 nitrogen and oxygen atoms in total. The number of carbonyl (C=O) groups is 1. The van der Waals surface area contributed by atoms with Gasteiger partial charge in [-0.15, -0.1) is 0 Å². The number of alkyl halides is 4. The summed E-state index contributed by atoms with van der Waals surface area (Å²) in [5.41, 5.74) is 5.04. The summed E-state index contributed by atoms with van der Waals surface area (Å²) in [4.78, 5) is 15.5. The fraction of sp³-hybridized carbons (Fsp3) is 0.438. The molecule has 1 aliphatic carbocycles. The lowest BCUT2D eigenvalue weighted by atomic mass is 10.0. The molecule has 2 aromatic rings. The number of rotatable bonds is 7. The minimum atomic E-state index is -2.91. The van der Waals surface area contributed by atoms with E-state index in [4.69, 9.17) is 22.1 Å². The molecule has 1 atom stereocenters. The van der Waals surface area contributed by atoms with Crippen molar-refractivity contribution in [3.8, 4) is 11.4 Å². The fourth-order valence-corrected chi connectivity index (χ4v) is 2.77. The van der Waals surface area contributed by atoms with Crippen molar-refractivity contribution in [2.75, 3.05) is 6.61 Å². The smallest absolute Gasteiger partial charge is 0.407 e. The molecule has 3 N–H and O–H groups in total. The van der Waals surface area contributed by atoms with Crippen LogP contribution in [0, 0.1) is 0 Å². The molecule has 1 saturated carbocycles. The van der Waals surface area contributed by atoms with Crippen LogP contribution in [-0.4, -0.2) is 39.4 Å². The van der Waals surface area contributed by atoms with E-state index in [9.17, 15) is 22.4 Å². The van der Waals surface area contributed by atoms with Gasteiger partial charge in [0, 0.05) is 5.56 Å². The van der Waals surface area contributed by atoms with Crippen LogP contribution in [0.1, 0.15) is 31.0 Å². The molecule has 0 saturated heterocycles. The number of nitrogens with two attached hydrogens (primary N) is 1. The van der Waals surface area contributed by atoms with Crippen molar-refractivity contribution in [3.05, 3.63) is 35.1 Å². The quantitative estimate of drug-likeness (QED) is 0.667. The summed E-state index contributed by atoms with van der Waals surface area (Å²) < 4.78 is 57.0. The van der Waals surface area contributed by atoms with Gasteiger partial charge in [-0.2, -0.15) is 18.6 Å². The first-order valence-corrected chi connectivity index (χ1v) is 8.57. The SMILES string of the molecule is NC(COC(=O)NC1(C(F)F)CC1)c1ccc(Cl)c(-c2ncnn2C(F)F)c1. The molecule has 1 aromatic carbocycles. The zero-order valence-electron chi connectivity index (χ0n) is 14.3. The van der Waals surface area contributed by atoms with E-state index in [0.29, 0.717) is 10.2 Å². The van der Waals surface area contributed by atoms with Gasteiger partial charge in [0.2, 0.25) is 0 Å². The number of hydrogen-bond acceptors (Lipinski definition) is 5. The third kappa shape index (κ3) is 4.20. The lowest BCUT2D eigenvalue weighted by Gasteiger charge is -2.18. The van der Waals surface area contributed by atoms with Crippen LogP contribution in [0.3, 0.4) is 0 Å². The number of alkyl carbamates (subject to hydrolysis) is 1. The molecule has 28 heavy (non-hydrogen) atoms. The number of carbonyl (C=O) groups excluding carboxylic acids is 1. The van der Waals surface area contributed by atoms with Crippen molar-refractivity contribution in [2.24, 2.45) is 5.73 Å². The molecular formula is C16H16ClF4N5O2. The molecule has 1 amide bonds. The first-order valence-electron chi connectivity index (χ1n) is 8.19. The van der Waals surface area contributed by atoms with E-state index in [1.165, 1.54) is 18.2 Å². The summed E-state index contributed by atoms with van der Waals surface area (Å²) in [6.45, 7) is -3.23. The zero-order chi connectivity index (χ0) is 20.5. The average Bonchev–Trinajstić information content (AvgIpc) is 3.26. The molecular weight excluding hydrogens is 406 g/mol. The van der Waals surface area contributed by atoms with Gasteiger partial charge in [-0.1, -0.05) is 17.7 Å². The number of benzene rings is 1. The van der Waals surface area contributed by atoms with Crippen LogP contribution in [-0.2, 0) is 4.74 Å². The first-order chi connectivity index (χ1) is 13.2. The molecule has 1 fully saturated rings. The van der Waals surface area contributed by atoms with E-state index in [0.717, 1.165) is 6.33 Å². The van der Waals surface area contributed by atoms with Crippen LogP contribution < -0.4 is 11.1 Å². The standard InChI is InChI=1S/C16H16ClF4N5O2/c17-10-2-1-8(5-9(10)12-23-7-24-26(12)14(20)21)11(22)6-28-15(27)25-16(3-4-16)13(18)19/h1-2,5,7,11,13-14H,3-4,6,22H2,(H,25,27). The van der Waals surface area contributed by atoms with Gasteiger partial charge >= 0.3 is 12.6 Å². The lowest BCUT2D eigenvalue weighted by Crippen LogP contribution is -2.43. The van der Waals surface area contributed by atoms with Crippen molar-refractivity contribution in [2.45, 2.75) is 37.4 Å². The van der Waals surface area contributed by atoms with Crippen molar-refractivity contribution in [3.63, 3.8) is 0 Å². The van der Waals surface area contributed by atoms with Crippen molar-refractivity contribution in [1.82, 2.24) is 20.1 Å². The number of aromatic nitrogens is 3. The molecule has 0 aliphatic heterocycles. The van der Waals surface area contributed by atoms with Gasteiger partial charge in [0.25, 0.3) is 6.43 Å². The van der Waals surface area contributed by atoms with Crippen LogP contribution in [0.5, 0.6) is 0 Å². The lowest BCUT2D eigenvalue weighted by molar-refractivity contribution is 0.0582. The van der Waals surface area contributed by atoms with Gasteiger partial charge in [-0.25, -0.2) is 18.6 Å². The summed E-state index contributed by atoms with van der Waals surface area (Å²) in [6.07, 6.45) is -2.36. The highest BCUT2D eigenvalue weighted by Gasteiger charge is 2.52. The highest BCUT2D eigenvalue weighted by Crippen LogP contribution is 2.41. The van der Waals surface area contributed by atoms with Crippen LogP contribution in [0.2, 0.25) is 5.02 Å². The number of hydrogen-bond donors (Lipinski definition) is 2. The van der Waals surface area contributed by atoms with E-state index in [-0.39, 0.29) is 35.9 Å². The second-order valence-corrected chi connectivity index (χ2v) is 6.74. The minimum absolute atomic E-state index is 0.150. The number of ether oxygens (including phenoxy) is 1. The highest BCUT2D eigenvalue weighted by atomic mass is 35.5. The van der Waals surface area contributed by atoms with E-state index in [1.54, 1.807) is 0 Å². The Kier molecular flexibility index (Phi) is 5.75. The van der Waals surface area contributed by atoms with E-state index in [1.807, 2.05) is 0 Å². The highest BCUT2D eigenvalue weighted by molar-refractivity contribution is 6.33. The van der Waals surface area contributed by atoms with Crippen LogP contribution in [0.15, 0.2) is 24.5 Å². The summed E-state index contributed by atoms with van der Waals surface area (Å²) in [7, 11) is 0. The van der Waals surface area contributed by atoms with E-state index in [2.05, 4.69) is 15.4 Å². The van der Waals surface area contributed by atoms with Crippen molar-refractivity contribution >= 4 is 17.7 Å². The maximum absolute atomic E-state index is 13.0. The second kappa shape index (κ2) is 7.92. The summed E-state index contributed by atoms with van der Waals surface area (Å²) in [5.74, 6) is -0.152. The predicted octanol–water partition coefficient (Wildman–Crippen LogP) is 3.52. The molecule has 1 unspecified atom stereocenters. The molecule has 1 aliphatic rings. The molecule has 0 radical (unpaired) electrons. The zero-order valence-corrected chi connectivity index (χ0v) is 15.0. The van der Waals surface area contributed by atoms with Gasteiger partial charge < -0.3 is 15.8 Å². The number of nitrogens with zero attached hydrogens (tertiary/aromatic N) is 3. The Morgan fingerprint density at radius 3 is 2.68 bits per heavy atom. The molecule has 0 bridgehead atoms. The number of halogens is 5. The maximum atomic E-state index is 13.0. The van der Waals surface area contributed by atoms with E-state index < -0.39 is 30.6 Å². The normalized spacial score (nSPS) is 16.3. The fourth-order valence-electron chi connectivity index (χ4n) is 2.56. The van der Waals surface area contributed by atoms with Crippen LogP contribution in [0.4, 0.5) is 22.4 Å². The predicted molar refractivity (Wildman–Crippen MR) is 91.1 cm³/mol. The van der Waals surface area contributed by atoms with Crippen LogP contribution in [0.25, 0.3) is 11.4 Å². The Morgan fingerprint density at radius 1 is 1.36 bits per heavy atom. The maximum Gasteiger partial charge on any atom is 0.407 e. The minimum Gasteiger partial charge on any atom is -0.448 e. The van der Waals surface area contributed by atoms with Crippen LogP contribution >= 0.6 is 11.6 Å². The third-order valence-electron chi connectivity index (χ3n) is 4.37. The Bertz CT molecular complexity index is 859. The Hall–Kier alpha value is -2.40. The van der Waals surface area contributed by atoms with Crippen molar-refractivity contribution < 1.29 is 27.1 Å². The molecule has 1 aromatic heterocycles. The molecule has 1 heterocycles. The Labute approximate surface area is 161 Å². The van der Waals surface area contributed by atoms with Gasteiger partial charge in [-0.3, -0.25) is 0 Å².